The molecule has 0 saturated heterocycles. The average molecular weight is 314 g/mol. The molecule has 1 N–H and O–H groups in total. The van der Waals surface area contributed by atoms with Crippen LogP contribution >= 0.6 is 15.9 Å². The molecule has 18 heavy (non-hydrogen) atoms. The molecule has 2 aromatic heterocycles. The summed E-state index contributed by atoms with van der Waals surface area (Å²) in [6.07, 6.45) is 3.43. The van der Waals surface area contributed by atoms with Gasteiger partial charge in [-0.1, -0.05) is 6.92 Å². The van der Waals surface area contributed by atoms with Gasteiger partial charge in [0.2, 0.25) is 0 Å². The molecule has 0 aromatic carbocycles. The molecule has 0 radical (unpaired) electrons. The minimum atomic E-state index is 0.127. The van der Waals surface area contributed by atoms with Gasteiger partial charge in [-0.15, -0.1) is 10.2 Å². The molecule has 0 bridgehead atoms. The molecule has 0 aliphatic carbocycles. The van der Waals surface area contributed by atoms with Crippen molar-refractivity contribution in [2.75, 3.05) is 6.54 Å². The number of tetrazole rings is 1. The van der Waals surface area contributed by atoms with Gasteiger partial charge in [0.15, 0.2) is 10.5 Å². The van der Waals surface area contributed by atoms with Crippen LogP contribution < -0.4 is 5.32 Å². The van der Waals surface area contributed by atoms with E-state index in [1.165, 1.54) is 4.80 Å². The summed E-state index contributed by atoms with van der Waals surface area (Å²) >= 11 is 3.41. The third-order valence-corrected chi connectivity index (χ3v) is 3.24. The zero-order valence-corrected chi connectivity index (χ0v) is 12.0. The van der Waals surface area contributed by atoms with Crippen LogP contribution in [0.15, 0.2) is 21.4 Å². The third kappa shape index (κ3) is 3.17. The van der Waals surface area contributed by atoms with Gasteiger partial charge in [0, 0.05) is 18.0 Å². The van der Waals surface area contributed by atoms with Gasteiger partial charge < -0.3 is 9.73 Å². The Morgan fingerprint density at radius 2 is 2.39 bits per heavy atom. The molecule has 0 aliphatic heterocycles. The summed E-state index contributed by atoms with van der Waals surface area (Å²) in [6.45, 7) is 3.07. The van der Waals surface area contributed by atoms with Crippen LogP contribution in [-0.2, 0) is 13.5 Å². The molecule has 0 aliphatic rings. The van der Waals surface area contributed by atoms with E-state index in [2.05, 4.69) is 43.6 Å². The Bertz CT molecular complexity index is 495. The normalized spacial score (nSPS) is 12.8. The number of furan rings is 1. The van der Waals surface area contributed by atoms with Gasteiger partial charge in [0.1, 0.15) is 0 Å². The van der Waals surface area contributed by atoms with Crippen LogP contribution in [0.4, 0.5) is 0 Å². The number of nitrogens with one attached hydrogen (secondary N) is 1. The number of hydrogen-bond acceptors (Lipinski definition) is 5. The molecule has 1 unspecified atom stereocenters. The summed E-state index contributed by atoms with van der Waals surface area (Å²) in [5, 5.41) is 15.5. The summed E-state index contributed by atoms with van der Waals surface area (Å²) in [5.74, 6) is 0.721. The third-order valence-electron chi connectivity index (χ3n) is 2.60. The lowest BCUT2D eigenvalue weighted by Crippen LogP contribution is -2.24. The number of halogens is 1. The van der Waals surface area contributed by atoms with Crippen LogP contribution in [0.5, 0.6) is 0 Å². The average Bonchev–Trinajstić information content (AvgIpc) is 2.93. The first-order chi connectivity index (χ1) is 8.70. The Balaban J connectivity index is 2.12. The molecule has 6 nitrogen and oxygen atoms in total. The highest BCUT2D eigenvalue weighted by atomic mass is 79.9. The second kappa shape index (κ2) is 6.10. The second-order valence-corrected chi connectivity index (χ2v) is 4.78. The van der Waals surface area contributed by atoms with Gasteiger partial charge in [-0.25, -0.2) is 0 Å². The SMILES string of the molecule is CCCNC(Cc1nnn(C)n1)c1ccoc1Br. The largest absolute Gasteiger partial charge is 0.457 e. The first-order valence-corrected chi connectivity index (χ1v) is 6.69. The number of aryl methyl sites for hydroxylation is 1. The standard InChI is InChI=1S/C11H16BrN5O/c1-3-5-13-9(8-4-6-18-11(8)12)7-10-14-16-17(2)15-10/h4,6,9,13H,3,5,7H2,1-2H3. The van der Waals surface area contributed by atoms with Crippen molar-refractivity contribution < 1.29 is 4.42 Å². The molecule has 0 fully saturated rings. The van der Waals surface area contributed by atoms with Gasteiger partial charge in [-0.2, -0.15) is 4.80 Å². The fourth-order valence-electron chi connectivity index (χ4n) is 1.75. The van der Waals surface area contributed by atoms with E-state index in [-0.39, 0.29) is 6.04 Å². The van der Waals surface area contributed by atoms with Crippen molar-refractivity contribution in [2.45, 2.75) is 25.8 Å². The van der Waals surface area contributed by atoms with Crippen LogP contribution in [0, 0.1) is 0 Å². The van der Waals surface area contributed by atoms with E-state index >= 15 is 0 Å². The number of hydrogen-bond donors (Lipinski definition) is 1. The Labute approximate surface area is 114 Å². The van der Waals surface area contributed by atoms with Gasteiger partial charge in [-0.05, 0) is 40.2 Å². The summed E-state index contributed by atoms with van der Waals surface area (Å²) in [5.41, 5.74) is 1.08. The maximum absolute atomic E-state index is 5.28. The fourth-order valence-corrected chi connectivity index (χ4v) is 2.27. The van der Waals surface area contributed by atoms with Gasteiger partial charge >= 0.3 is 0 Å². The van der Waals surface area contributed by atoms with E-state index in [1.54, 1.807) is 13.3 Å². The van der Waals surface area contributed by atoms with E-state index < -0.39 is 0 Å². The lowest BCUT2D eigenvalue weighted by molar-refractivity contribution is 0.491. The van der Waals surface area contributed by atoms with E-state index in [9.17, 15) is 0 Å². The molecule has 7 heteroatoms. The lowest BCUT2D eigenvalue weighted by atomic mass is 10.1. The van der Waals surface area contributed by atoms with Crippen LogP contribution in [0.25, 0.3) is 0 Å². The molecular weight excluding hydrogens is 298 g/mol. The smallest absolute Gasteiger partial charge is 0.176 e. The maximum Gasteiger partial charge on any atom is 0.176 e. The molecule has 2 rings (SSSR count). The number of nitrogens with zero attached hydrogens (tertiary/aromatic N) is 4. The molecular formula is C11H16BrN5O. The van der Waals surface area contributed by atoms with E-state index in [4.69, 9.17) is 4.42 Å². The van der Waals surface area contributed by atoms with Crippen LogP contribution in [0.1, 0.15) is 30.8 Å². The predicted molar refractivity (Wildman–Crippen MR) is 69.9 cm³/mol. The molecule has 0 spiro atoms. The minimum Gasteiger partial charge on any atom is -0.457 e. The molecule has 0 saturated carbocycles. The first-order valence-electron chi connectivity index (χ1n) is 5.90. The summed E-state index contributed by atoms with van der Waals surface area (Å²) in [6, 6.07) is 2.08. The Morgan fingerprint density at radius 1 is 1.56 bits per heavy atom. The van der Waals surface area contributed by atoms with Crippen molar-refractivity contribution in [3.63, 3.8) is 0 Å². The molecule has 98 valence electrons. The lowest BCUT2D eigenvalue weighted by Gasteiger charge is -2.15. The van der Waals surface area contributed by atoms with Crippen molar-refractivity contribution in [3.8, 4) is 0 Å². The number of rotatable bonds is 6. The molecule has 0 amide bonds. The zero-order valence-electron chi connectivity index (χ0n) is 10.4. The summed E-state index contributed by atoms with van der Waals surface area (Å²) < 4.78 is 6.03. The Hall–Kier alpha value is -1.21. The molecule has 2 heterocycles. The van der Waals surface area contributed by atoms with Crippen LogP contribution in [0.2, 0.25) is 0 Å². The number of aromatic nitrogens is 4. The van der Waals surface area contributed by atoms with Gasteiger partial charge in [0.25, 0.3) is 0 Å². The second-order valence-electron chi connectivity index (χ2n) is 4.06. The Kier molecular flexibility index (Phi) is 4.48. The van der Waals surface area contributed by atoms with E-state index in [0.717, 1.165) is 29.0 Å². The first kappa shape index (κ1) is 13.2. The van der Waals surface area contributed by atoms with Gasteiger partial charge in [0.05, 0.1) is 13.3 Å². The van der Waals surface area contributed by atoms with Crippen molar-refractivity contribution in [3.05, 3.63) is 28.4 Å². The highest BCUT2D eigenvalue weighted by molar-refractivity contribution is 9.10. The highest BCUT2D eigenvalue weighted by Crippen LogP contribution is 2.26. The van der Waals surface area contributed by atoms with Crippen molar-refractivity contribution in [2.24, 2.45) is 7.05 Å². The topological polar surface area (TPSA) is 68.8 Å². The maximum atomic E-state index is 5.28. The van der Waals surface area contributed by atoms with Gasteiger partial charge in [-0.3, -0.25) is 0 Å². The Morgan fingerprint density at radius 3 is 2.94 bits per heavy atom. The molecule has 2 aromatic rings. The van der Waals surface area contributed by atoms with Crippen molar-refractivity contribution >= 4 is 15.9 Å². The monoisotopic (exact) mass is 313 g/mol. The minimum absolute atomic E-state index is 0.127. The van der Waals surface area contributed by atoms with Crippen LogP contribution in [0.3, 0.4) is 0 Å². The van der Waals surface area contributed by atoms with E-state index in [0.29, 0.717) is 6.42 Å². The molecule has 1 atom stereocenters. The van der Waals surface area contributed by atoms with Crippen molar-refractivity contribution in [1.29, 1.82) is 0 Å². The summed E-state index contributed by atoms with van der Waals surface area (Å²) in [4.78, 5) is 1.47. The summed E-state index contributed by atoms with van der Waals surface area (Å²) in [7, 11) is 1.76. The van der Waals surface area contributed by atoms with E-state index in [1.807, 2.05) is 6.07 Å². The predicted octanol–water partition coefficient (Wildman–Crippen LogP) is 1.85. The van der Waals surface area contributed by atoms with Crippen molar-refractivity contribution in [1.82, 2.24) is 25.5 Å². The quantitative estimate of drug-likeness (QED) is 0.881. The van der Waals surface area contributed by atoms with Crippen LogP contribution in [-0.4, -0.2) is 26.8 Å². The zero-order chi connectivity index (χ0) is 13.0. The fraction of sp³-hybridized carbons (Fsp3) is 0.545. The highest BCUT2D eigenvalue weighted by Gasteiger charge is 2.18.